The molecule has 0 saturated heterocycles. The van der Waals surface area contributed by atoms with Crippen LogP contribution in [0.25, 0.3) is 0 Å². The Labute approximate surface area is 105 Å². The van der Waals surface area contributed by atoms with E-state index in [2.05, 4.69) is 28.2 Å². The first-order chi connectivity index (χ1) is 7.54. The molecule has 1 unspecified atom stereocenters. The molecule has 16 heavy (non-hydrogen) atoms. The maximum absolute atomic E-state index is 9.19. The minimum atomic E-state index is -0.330. The number of methoxy groups -OCH3 is 1. The van der Waals surface area contributed by atoms with Gasteiger partial charge in [0.25, 0.3) is 0 Å². The molecular formula is C12H18BrNO2. The highest BCUT2D eigenvalue weighted by atomic mass is 79.9. The molecule has 2 atom stereocenters. The van der Waals surface area contributed by atoms with Crippen LogP contribution >= 0.6 is 15.9 Å². The average Bonchev–Trinajstić information content (AvgIpc) is 2.25. The van der Waals surface area contributed by atoms with Gasteiger partial charge in [0.05, 0.1) is 17.7 Å². The lowest BCUT2D eigenvalue weighted by Gasteiger charge is -2.16. The van der Waals surface area contributed by atoms with Crippen LogP contribution in [-0.2, 0) is 0 Å². The van der Waals surface area contributed by atoms with Gasteiger partial charge in [-0.15, -0.1) is 0 Å². The third kappa shape index (κ3) is 3.77. The van der Waals surface area contributed by atoms with Crippen LogP contribution < -0.4 is 10.1 Å². The van der Waals surface area contributed by atoms with E-state index in [9.17, 15) is 5.11 Å². The van der Waals surface area contributed by atoms with Crippen molar-refractivity contribution in [2.24, 2.45) is 0 Å². The summed E-state index contributed by atoms with van der Waals surface area (Å²) < 4.78 is 6.11. The second-order valence-electron chi connectivity index (χ2n) is 3.87. The maximum atomic E-state index is 9.19. The third-order valence-corrected chi connectivity index (χ3v) is 3.02. The van der Waals surface area contributed by atoms with Crippen molar-refractivity contribution >= 4 is 15.9 Å². The van der Waals surface area contributed by atoms with Crippen molar-refractivity contribution in [3.63, 3.8) is 0 Å². The molecule has 0 bridgehead atoms. The van der Waals surface area contributed by atoms with Gasteiger partial charge in [0.1, 0.15) is 5.75 Å². The van der Waals surface area contributed by atoms with E-state index in [1.54, 1.807) is 14.0 Å². The van der Waals surface area contributed by atoms with E-state index in [1.807, 2.05) is 18.2 Å². The standard InChI is InChI=1S/C12H18BrNO2/c1-8(15)7-14-9(2)10-4-5-12(16-3)11(13)6-10/h4-6,8-9,14-15H,7H2,1-3H3/t8-,9?/m1/s1. The molecule has 2 N–H and O–H groups in total. The largest absolute Gasteiger partial charge is 0.496 e. The minimum Gasteiger partial charge on any atom is -0.496 e. The van der Waals surface area contributed by atoms with Crippen molar-refractivity contribution in [3.05, 3.63) is 28.2 Å². The number of halogens is 1. The van der Waals surface area contributed by atoms with E-state index in [4.69, 9.17) is 4.74 Å². The molecule has 3 nitrogen and oxygen atoms in total. The van der Waals surface area contributed by atoms with Crippen molar-refractivity contribution < 1.29 is 9.84 Å². The fourth-order valence-electron chi connectivity index (χ4n) is 1.42. The van der Waals surface area contributed by atoms with Gasteiger partial charge in [0, 0.05) is 12.6 Å². The average molecular weight is 288 g/mol. The van der Waals surface area contributed by atoms with Gasteiger partial charge in [-0.05, 0) is 47.5 Å². The van der Waals surface area contributed by atoms with Crippen molar-refractivity contribution in [2.45, 2.75) is 26.0 Å². The van der Waals surface area contributed by atoms with E-state index in [-0.39, 0.29) is 12.1 Å². The molecule has 90 valence electrons. The number of hydrogen-bond acceptors (Lipinski definition) is 3. The zero-order valence-electron chi connectivity index (χ0n) is 9.83. The van der Waals surface area contributed by atoms with Gasteiger partial charge in [0.15, 0.2) is 0 Å². The zero-order chi connectivity index (χ0) is 12.1. The van der Waals surface area contributed by atoms with Crippen molar-refractivity contribution in [1.29, 1.82) is 0 Å². The van der Waals surface area contributed by atoms with Crippen molar-refractivity contribution in [1.82, 2.24) is 5.32 Å². The quantitative estimate of drug-likeness (QED) is 0.874. The van der Waals surface area contributed by atoms with Crippen LogP contribution in [0.5, 0.6) is 5.75 Å². The first kappa shape index (κ1) is 13.5. The molecule has 0 radical (unpaired) electrons. The second-order valence-corrected chi connectivity index (χ2v) is 4.73. The number of nitrogens with one attached hydrogen (secondary N) is 1. The topological polar surface area (TPSA) is 41.5 Å². The molecule has 0 fully saturated rings. The van der Waals surface area contributed by atoms with E-state index in [1.165, 1.54) is 0 Å². The highest BCUT2D eigenvalue weighted by molar-refractivity contribution is 9.10. The lowest BCUT2D eigenvalue weighted by molar-refractivity contribution is 0.187. The Bertz CT molecular complexity index is 342. The number of aliphatic hydroxyl groups is 1. The summed E-state index contributed by atoms with van der Waals surface area (Å²) in [5.74, 6) is 0.825. The minimum absolute atomic E-state index is 0.205. The Morgan fingerprint density at radius 2 is 2.12 bits per heavy atom. The molecule has 0 aliphatic heterocycles. The smallest absolute Gasteiger partial charge is 0.133 e. The molecule has 4 heteroatoms. The first-order valence-corrected chi connectivity index (χ1v) is 6.08. The zero-order valence-corrected chi connectivity index (χ0v) is 11.4. The highest BCUT2D eigenvalue weighted by Gasteiger charge is 2.08. The second kappa shape index (κ2) is 6.23. The number of ether oxygens (including phenoxy) is 1. The lowest BCUT2D eigenvalue weighted by Crippen LogP contribution is -2.27. The fraction of sp³-hybridized carbons (Fsp3) is 0.500. The van der Waals surface area contributed by atoms with Gasteiger partial charge < -0.3 is 15.2 Å². The molecule has 1 rings (SSSR count). The number of rotatable bonds is 5. The number of benzene rings is 1. The Balaban J connectivity index is 2.69. The summed E-state index contributed by atoms with van der Waals surface area (Å²) >= 11 is 3.45. The Kier molecular flexibility index (Phi) is 5.25. The van der Waals surface area contributed by atoms with E-state index in [0.29, 0.717) is 6.54 Å². The van der Waals surface area contributed by atoms with Gasteiger partial charge in [-0.2, -0.15) is 0 Å². The summed E-state index contributed by atoms with van der Waals surface area (Å²) in [5, 5.41) is 12.4. The summed E-state index contributed by atoms with van der Waals surface area (Å²) in [4.78, 5) is 0. The molecule has 1 aromatic rings. The van der Waals surface area contributed by atoms with Crippen LogP contribution in [0.3, 0.4) is 0 Å². The normalized spacial score (nSPS) is 14.6. The van der Waals surface area contributed by atoms with Gasteiger partial charge in [-0.3, -0.25) is 0 Å². The molecule has 0 spiro atoms. The Morgan fingerprint density at radius 1 is 1.44 bits per heavy atom. The summed E-state index contributed by atoms with van der Waals surface area (Å²) in [5.41, 5.74) is 1.16. The summed E-state index contributed by atoms with van der Waals surface area (Å²) in [6, 6.07) is 6.18. The first-order valence-electron chi connectivity index (χ1n) is 5.29. The van der Waals surface area contributed by atoms with Gasteiger partial charge in [-0.1, -0.05) is 6.07 Å². The van der Waals surface area contributed by atoms with Crippen LogP contribution in [0.2, 0.25) is 0 Å². The summed E-state index contributed by atoms with van der Waals surface area (Å²) in [7, 11) is 1.65. The van der Waals surface area contributed by atoms with E-state index >= 15 is 0 Å². The lowest BCUT2D eigenvalue weighted by atomic mass is 10.1. The van der Waals surface area contributed by atoms with Gasteiger partial charge >= 0.3 is 0 Å². The van der Waals surface area contributed by atoms with Crippen molar-refractivity contribution in [3.8, 4) is 5.75 Å². The van der Waals surface area contributed by atoms with E-state index < -0.39 is 0 Å². The predicted molar refractivity (Wildman–Crippen MR) is 68.8 cm³/mol. The maximum Gasteiger partial charge on any atom is 0.133 e. The highest BCUT2D eigenvalue weighted by Crippen LogP contribution is 2.27. The number of aliphatic hydroxyl groups excluding tert-OH is 1. The van der Waals surface area contributed by atoms with Gasteiger partial charge in [-0.25, -0.2) is 0 Å². The SMILES string of the molecule is COc1ccc(C(C)NC[C@@H](C)O)cc1Br. The number of hydrogen-bond donors (Lipinski definition) is 2. The molecule has 0 aliphatic rings. The molecule has 1 aromatic carbocycles. The fourth-order valence-corrected chi connectivity index (χ4v) is 1.98. The Morgan fingerprint density at radius 3 is 2.62 bits per heavy atom. The summed E-state index contributed by atoms with van der Waals surface area (Å²) in [6.07, 6.45) is -0.330. The molecule has 0 heterocycles. The van der Waals surface area contributed by atoms with Crippen LogP contribution in [0.4, 0.5) is 0 Å². The molecule has 0 saturated carbocycles. The van der Waals surface area contributed by atoms with Crippen LogP contribution in [-0.4, -0.2) is 24.9 Å². The summed E-state index contributed by atoms with van der Waals surface area (Å²) in [6.45, 7) is 4.42. The molecule has 0 aliphatic carbocycles. The van der Waals surface area contributed by atoms with E-state index in [0.717, 1.165) is 15.8 Å². The van der Waals surface area contributed by atoms with Gasteiger partial charge in [0.2, 0.25) is 0 Å². The van der Waals surface area contributed by atoms with Crippen molar-refractivity contribution in [2.75, 3.05) is 13.7 Å². The van der Waals surface area contributed by atoms with Crippen LogP contribution in [0.1, 0.15) is 25.5 Å². The molecular weight excluding hydrogens is 270 g/mol. The Hall–Kier alpha value is -0.580. The molecule has 0 aromatic heterocycles. The predicted octanol–water partition coefficient (Wildman–Crippen LogP) is 2.49. The van der Waals surface area contributed by atoms with Crippen LogP contribution in [0.15, 0.2) is 22.7 Å². The molecule has 0 amide bonds. The van der Waals surface area contributed by atoms with Crippen LogP contribution in [0, 0.1) is 0 Å². The monoisotopic (exact) mass is 287 g/mol. The third-order valence-electron chi connectivity index (χ3n) is 2.40.